The molecule has 0 saturated heterocycles. The molecule has 0 N–H and O–H groups in total. The number of nitriles is 1. The molecular formula is C48H38N4. The lowest BCUT2D eigenvalue weighted by atomic mass is 9.72. The van der Waals surface area contributed by atoms with Gasteiger partial charge < -0.3 is 0 Å². The van der Waals surface area contributed by atoms with Crippen LogP contribution in [0.4, 0.5) is 0 Å². The van der Waals surface area contributed by atoms with Gasteiger partial charge >= 0.3 is 0 Å². The topological polar surface area (TPSA) is 62.5 Å². The molecule has 10 rings (SSSR count). The van der Waals surface area contributed by atoms with Crippen molar-refractivity contribution in [3.63, 3.8) is 0 Å². The lowest BCUT2D eigenvalue weighted by Crippen LogP contribution is -2.26. The van der Waals surface area contributed by atoms with E-state index in [2.05, 4.69) is 110 Å². The van der Waals surface area contributed by atoms with Crippen LogP contribution in [0.3, 0.4) is 0 Å². The fourth-order valence-corrected chi connectivity index (χ4v) is 10.3. The van der Waals surface area contributed by atoms with E-state index in [1.165, 1.54) is 43.2 Å². The van der Waals surface area contributed by atoms with Crippen LogP contribution < -0.4 is 0 Å². The molecule has 2 bridgehead atoms. The van der Waals surface area contributed by atoms with Crippen LogP contribution in [0.1, 0.15) is 50.2 Å². The van der Waals surface area contributed by atoms with Crippen LogP contribution >= 0.6 is 0 Å². The minimum atomic E-state index is 0.350. The lowest BCUT2D eigenvalue weighted by Gasteiger charge is -2.33. The Balaban J connectivity index is 1.08. The summed E-state index contributed by atoms with van der Waals surface area (Å²) in [4.78, 5) is 15.5. The summed E-state index contributed by atoms with van der Waals surface area (Å²) in [5, 5.41) is 11.7. The van der Waals surface area contributed by atoms with E-state index in [1.54, 1.807) is 0 Å². The van der Waals surface area contributed by atoms with Crippen LogP contribution in [0.5, 0.6) is 0 Å². The SMILES string of the molecule is CC12CC3(c4ccc(-c5ccccc5-c5nc(-c6ccccc6)nc(-c6ccccc6-c6ccc7ccc(C#N)cc7c6)n5)cc4)C[C@H]1CC[C@H]2C3. The molecule has 1 heterocycles. The third-order valence-electron chi connectivity index (χ3n) is 12.8. The highest BCUT2D eigenvalue weighted by Crippen LogP contribution is 2.72. The van der Waals surface area contributed by atoms with Crippen molar-refractivity contribution in [2.45, 2.75) is 44.4 Å². The van der Waals surface area contributed by atoms with Gasteiger partial charge in [0.25, 0.3) is 0 Å². The molecule has 7 aromatic rings. The van der Waals surface area contributed by atoms with Crippen molar-refractivity contribution in [3.8, 4) is 62.5 Å². The highest BCUT2D eigenvalue weighted by Gasteiger charge is 2.65. The van der Waals surface area contributed by atoms with Crippen LogP contribution in [0.15, 0.2) is 140 Å². The Morgan fingerprint density at radius 3 is 1.73 bits per heavy atom. The molecule has 250 valence electrons. The summed E-state index contributed by atoms with van der Waals surface area (Å²) in [7, 11) is 0. The predicted molar refractivity (Wildman–Crippen MR) is 209 cm³/mol. The maximum atomic E-state index is 9.54. The van der Waals surface area contributed by atoms with E-state index in [1.807, 2.05) is 42.5 Å². The number of nitrogens with zero attached hydrogens (tertiary/aromatic N) is 4. The summed E-state index contributed by atoms with van der Waals surface area (Å²) in [6, 6.07) is 50.9. The molecule has 3 aliphatic rings. The second-order valence-electron chi connectivity index (χ2n) is 15.6. The van der Waals surface area contributed by atoms with Gasteiger partial charge in [0.05, 0.1) is 11.6 Å². The molecule has 3 saturated carbocycles. The van der Waals surface area contributed by atoms with Crippen LogP contribution in [-0.2, 0) is 5.41 Å². The van der Waals surface area contributed by atoms with E-state index in [0.29, 0.717) is 33.9 Å². The number of hydrogen-bond donors (Lipinski definition) is 0. The highest BCUT2D eigenvalue weighted by molar-refractivity contribution is 5.91. The first-order valence-electron chi connectivity index (χ1n) is 18.6. The maximum absolute atomic E-state index is 9.54. The standard InChI is InChI=1S/C48H38N4/c1-47-30-48(27-38(47)23-24-39(47)28-48)37-21-19-33(20-22-37)40-11-5-7-13-42(40)45-50-44(34-9-3-2-4-10-34)51-46(52-45)43-14-8-6-12-41(43)35-18-17-32-16-15-31(29-49)25-36(32)26-35/h2-22,25-26,38-39H,23-24,27-28,30H2,1H3/t38-,39+,47?,48?. The molecule has 0 spiro atoms. The van der Waals surface area contributed by atoms with E-state index in [4.69, 9.17) is 15.0 Å². The molecule has 0 amide bonds. The van der Waals surface area contributed by atoms with E-state index in [9.17, 15) is 5.26 Å². The highest BCUT2D eigenvalue weighted by atomic mass is 15.0. The summed E-state index contributed by atoms with van der Waals surface area (Å²) in [5.41, 5.74) is 10.3. The van der Waals surface area contributed by atoms with Crippen LogP contribution in [-0.4, -0.2) is 15.0 Å². The van der Waals surface area contributed by atoms with Gasteiger partial charge in [-0.3, -0.25) is 0 Å². The molecular weight excluding hydrogens is 633 g/mol. The second kappa shape index (κ2) is 11.8. The number of benzene rings is 6. The normalized spacial score (nSPS) is 22.8. The first-order chi connectivity index (χ1) is 25.5. The van der Waals surface area contributed by atoms with Gasteiger partial charge in [-0.25, -0.2) is 15.0 Å². The van der Waals surface area contributed by atoms with Gasteiger partial charge in [0, 0.05) is 16.7 Å². The Morgan fingerprint density at radius 1 is 0.538 bits per heavy atom. The molecule has 0 radical (unpaired) electrons. The fraction of sp³-hybridized carbons (Fsp3) is 0.208. The Bertz CT molecular complexity index is 2530. The van der Waals surface area contributed by atoms with Crippen molar-refractivity contribution in [2.24, 2.45) is 17.3 Å². The van der Waals surface area contributed by atoms with E-state index >= 15 is 0 Å². The van der Waals surface area contributed by atoms with Gasteiger partial charge in [0.15, 0.2) is 17.5 Å². The van der Waals surface area contributed by atoms with Crippen molar-refractivity contribution in [1.29, 1.82) is 5.26 Å². The molecule has 4 heteroatoms. The molecule has 4 atom stereocenters. The largest absolute Gasteiger partial charge is 0.208 e. The Morgan fingerprint density at radius 2 is 1.10 bits per heavy atom. The monoisotopic (exact) mass is 670 g/mol. The molecule has 6 aromatic carbocycles. The fourth-order valence-electron chi connectivity index (χ4n) is 10.3. The van der Waals surface area contributed by atoms with Gasteiger partial charge in [0.1, 0.15) is 0 Å². The average Bonchev–Trinajstić information content (AvgIpc) is 3.71. The maximum Gasteiger partial charge on any atom is 0.164 e. The van der Waals surface area contributed by atoms with Gasteiger partial charge in [-0.05, 0) is 112 Å². The number of hydrogen-bond acceptors (Lipinski definition) is 4. The minimum Gasteiger partial charge on any atom is -0.208 e. The molecule has 52 heavy (non-hydrogen) atoms. The molecule has 3 fully saturated rings. The Hall–Kier alpha value is -5.92. The number of fused-ring (bicyclic) bond motifs is 2. The van der Waals surface area contributed by atoms with Gasteiger partial charge in [-0.2, -0.15) is 5.26 Å². The Kier molecular flexibility index (Phi) is 7.02. The minimum absolute atomic E-state index is 0.350. The first-order valence-corrected chi connectivity index (χ1v) is 18.6. The third kappa shape index (κ3) is 4.91. The van der Waals surface area contributed by atoms with Gasteiger partial charge in [-0.1, -0.05) is 128 Å². The molecule has 1 aromatic heterocycles. The zero-order valence-electron chi connectivity index (χ0n) is 29.3. The van der Waals surface area contributed by atoms with Crippen molar-refractivity contribution < 1.29 is 0 Å². The smallest absolute Gasteiger partial charge is 0.164 e. The summed E-state index contributed by atoms with van der Waals surface area (Å²) in [6.07, 6.45) is 6.90. The van der Waals surface area contributed by atoms with E-state index in [-0.39, 0.29) is 0 Å². The zero-order valence-corrected chi connectivity index (χ0v) is 29.3. The third-order valence-corrected chi connectivity index (χ3v) is 12.8. The van der Waals surface area contributed by atoms with E-state index < -0.39 is 0 Å². The lowest BCUT2D eigenvalue weighted by molar-refractivity contribution is 0.195. The predicted octanol–water partition coefficient (Wildman–Crippen LogP) is 11.7. The van der Waals surface area contributed by atoms with Crippen LogP contribution in [0.25, 0.3) is 67.2 Å². The summed E-state index contributed by atoms with van der Waals surface area (Å²) < 4.78 is 0. The van der Waals surface area contributed by atoms with Crippen LogP contribution in [0.2, 0.25) is 0 Å². The Labute approximate surface area is 304 Å². The summed E-state index contributed by atoms with van der Waals surface area (Å²) in [5.74, 6) is 3.69. The molecule has 0 aliphatic heterocycles. The quantitative estimate of drug-likeness (QED) is 0.177. The summed E-state index contributed by atoms with van der Waals surface area (Å²) in [6.45, 7) is 2.58. The van der Waals surface area contributed by atoms with Gasteiger partial charge in [0.2, 0.25) is 0 Å². The van der Waals surface area contributed by atoms with Crippen molar-refractivity contribution in [3.05, 3.63) is 151 Å². The first kappa shape index (κ1) is 30.9. The summed E-state index contributed by atoms with van der Waals surface area (Å²) >= 11 is 0. The van der Waals surface area contributed by atoms with Crippen molar-refractivity contribution in [1.82, 2.24) is 15.0 Å². The molecule has 2 unspecified atom stereocenters. The number of rotatable bonds is 6. The molecule has 4 nitrogen and oxygen atoms in total. The van der Waals surface area contributed by atoms with Crippen LogP contribution in [0, 0.1) is 28.6 Å². The zero-order chi connectivity index (χ0) is 34.9. The average molecular weight is 671 g/mol. The number of aromatic nitrogens is 3. The van der Waals surface area contributed by atoms with Crippen molar-refractivity contribution in [2.75, 3.05) is 0 Å². The molecule has 3 aliphatic carbocycles. The second-order valence-corrected chi connectivity index (χ2v) is 15.6. The van der Waals surface area contributed by atoms with Gasteiger partial charge in [-0.15, -0.1) is 0 Å². The van der Waals surface area contributed by atoms with E-state index in [0.717, 1.165) is 56.0 Å². The van der Waals surface area contributed by atoms with Crippen molar-refractivity contribution >= 4 is 10.8 Å².